The number of fused-ring (bicyclic) bond motifs is 1. The first kappa shape index (κ1) is 21.3. The highest BCUT2D eigenvalue weighted by Gasteiger charge is 2.10. The molecule has 0 aliphatic heterocycles. The minimum Gasteiger partial charge on any atom is -0.481 e. The third-order valence-electron chi connectivity index (χ3n) is 4.58. The molecular formula is C24H16ClFN2O4. The summed E-state index contributed by atoms with van der Waals surface area (Å²) in [6.07, 6.45) is 2.91. The number of amides is 1. The Bertz CT molecular complexity index is 1350. The minimum absolute atomic E-state index is 0.0697. The summed E-state index contributed by atoms with van der Waals surface area (Å²) in [4.78, 5) is 27.4. The van der Waals surface area contributed by atoms with E-state index in [0.29, 0.717) is 28.2 Å². The number of aromatic nitrogens is 1. The number of carboxylic acid groups (broad SMARTS) is 1. The van der Waals surface area contributed by atoms with Crippen LogP contribution in [0.15, 0.2) is 71.2 Å². The summed E-state index contributed by atoms with van der Waals surface area (Å²) in [7, 11) is 0. The SMILES string of the molecule is O=C(O)Cc1ccc2oc(-c3ccc(C=CC(=O)Nc4ccc(F)c(Cl)c4)cc3)nc2c1. The number of benzene rings is 3. The number of nitrogens with zero attached hydrogens (tertiary/aromatic N) is 1. The van der Waals surface area contributed by atoms with Crippen molar-refractivity contribution in [2.24, 2.45) is 0 Å². The molecule has 2 N–H and O–H groups in total. The molecule has 1 aromatic heterocycles. The minimum atomic E-state index is -0.910. The van der Waals surface area contributed by atoms with Gasteiger partial charge in [0.1, 0.15) is 11.3 Å². The van der Waals surface area contributed by atoms with E-state index >= 15 is 0 Å². The van der Waals surface area contributed by atoms with Crippen molar-refractivity contribution in [1.29, 1.82) is 0 Å². The van der Waals surface area contributed by atoms with Crippen LogP contribution >= 0.6 is 11.6 Å². The monoisotopic (exact) mass is 450 g/mol. The molecule has 1 amide bonds. The average Bonchev–Trinajstić information content (AvgIpc) is 3.18. The van der Waals surface area contributed by atoms with Crippen LogP contribution in [0.1, 0.15) is 11.1 Å². The quantitative estimate of drug-likeness (QED) is 0.375. The van der Waals surface area contributed by atoms with Gasteiger partial charge in [0.15, 0.2) is 5.58 Å². The second-order valence-corrected chi connectivity index (χ2v) is 7.37. The van der Waals surface area contributed by atoms with E-state index in [-0.39, 0.29) is 17.4 Å². The third-order valence-corrected chi connectivity index (χ3v) is 4.87. The molecule has 32 heavy (non-hydrogen) atoms. The molecule has 0 bridgehead atoms. The molecular weight excluding hydrogens is 435 g/mol. The fourth-order valence-electron chi connectivity index (χ4n) is 3.05. The second-order valence-electron chi connectivity index (χ2n) is 6.97. The average molecular weight is 451 g/mol. The third kappa shape index (κ3) is 5.01. The number of hydrogen-bond donors (Lipinski definition) is 2. The number of carbonyl (C=O) groups is 2. The van der Waals surface area contributed by atoms with Crippen molar-refractivity contribution < 1.29 is 23.5 Å². The first-order chi connectivity index (χ1) is 15.4. The molecule has 0 aliphatic rings. The standard InChI is InChI=1S/C24H16ClFN2O4/c25-18-13-17(7-8-19(18)26)27-22(29)10-4-14-1-5-16(6-2-14)24-28-20-11-15(12-23(30)31)3-9-21(20)32-24/h1-11,13H,12H2,(H,27,29)(H,30,31). The predicted molar refractivity (Wildman–Crippen MR) is 120 cm³/mol. The van der Waals surface area contributed by atoms with Crippen LogP contribution in [0.5, 0.6) is 0 Å². The Labute approximate surface area is 187 Å². The Kier molecular flexibility index (Phi) is 6.00. The van der Waals surface area contributed by atoms with Crippen LogP contribution in [0.2, 0.25) is 5.02 Å². The van der Waals surface area contributed by atoms with Crippen molar-refractivity contribution in [3.05, 3.63) is 88.7 Å². The predicted octanol–water partition coefficient (Wildman–Crippen LogP) is 5.57. The van der Waals surface area contributed by atoms with E-state index in [2.05, 4.69) is 10.3 Å². The van der Waals surface area contributed by atoms with Gasteiger partial charge in [0, 0.05) is 17.3 Å². The zero-order valence-electron chi connectivity index (χ0n) is 16.5. The Morgan fingerprint density at radius 1 is 1.09 bits per heavy atom. The van der Waals surface area contributed by atoms with E-state index < -0.39 is 11.8 Å². The largest absolute Gasteiger partial charge is 0.481 e. The van der Waals surface area contributed by atoms with Gasteiger partial charge in [-0.3, -0.25) is 9.59 Å². The van der Waals surface area contributed by atoms with Crippen molar-refractivity contribution in [1.82, 2.24) is 4.98 Å². The number of carboxylic acids is 1. The Morgan fingerprint density at radius 3 is 2.59 bits per heavy atom. The summed E-state index contributed by atoms with van der Waals surface area (Å²) in [5.41, 5.74) is 3.70. The summed E-state index contributed by atoms with van der Waals surface area (Å²) in [6.45, 7) is 0. The lowest BCUT2D eigenvalue weighted by Gasteiger charge is -2.03. The van der Waals surface area contributed by atoms with Crippen LogP contribution in [-0.2, 0) is 16.0 Å². The van der Waals surface area contributed by atoms with Crippen LogP contribution in [0, 0.1) is 5.82 Å². The molecule has 0 aliphatic carbocycles. The molecule has 6 nitrogen and oxygen atoms in total. The number of halogens is 2. The van der Waals surface area contributed by atoms with Crippen molar-refractivity contribution in [2.75, 3.05) is 5.32 Å². The van der Waals surface area contributed by atoms with Gasteiger partial charge in [0.05, 0.1) is 11.4 Å². The Hall–Kier alpha value is -3.97. The van der Waals surface area contributed by atoms with E-state index in [4.69, 9.17) is 21.1 Å². The molecule has 8 heteroatoms. The van der Waals surface area contributed by atoms with Gasteiger partial charge < -0.3 is 14.8 Å². The zero-order chi connectivity index (χ0) is 22.7. The van der Waals surface area contributed by atoms with Crippen LogP contribution < -0.4 is 5.32 Å². The van der Waals surface area contributed by atoms with Gasteiger partial charge in [0.25, 0.3) is 0 Å². The highest BCUT2D eigenvalue weighted by Crippen LogP contribution is 2.26. The number of nitrogens with one attached hydrogen (secondary N) is 1. The first-order valence-corrected chi connectivity index (χ1v) is 9.91. The molecule has 4 rings (SSSR count). The van der Waals surface area contributed by atoms with Crippen molar-refractivity contribution in [2.45, 2.75) is 6.42 Å². The van der Waals surface area contributed by atoms with E-state index in [1.807, 2.05) is 0 Å². The lowest BCUT2D eigenvalue weighted by molar-refractivity contribution is -0.136. The molecule has 0 spiro atoms. The summed E-state index contributed by atoms with van der Waals surface area (Å²) in [5, 5.41) is 11.5. The number of oxazole rings is 1. The number of aliphatic carboxylic acids is 1. The number of anilines is 1. The topological polar surface area (TPSA) is 92.4 Å². The molecule has 0 saturated carbocycles. The summed E-state index contributed by atoms with van der Waals surface area (Å²) in [6, 6.07) is 16.3. The maximum absolute atomic E-state index is 13.2. The van der Waals surface area contributed by atoms with E-state index in [1.54, 1.807) is 48.5 Å². The van der Waals surface area contributed by atoms with Crippen molar-refractivity contribution in [3.63, 3.8) is 0 Å². The molecule has 4 aromatic rings. The number of carbonyl (C=O) groups excluding carboxylic acids is 1. The molecule has 0 saturated heterocycles. The van der Waals surface area contributed by atoms with Crippen LogP contribution in [0.4, 0.5) is 10.1 Å². The highest BCUT2D eigenvalue weighted by molar-refractivity contribution is 6.31. The van der Waals surface area contributed by atoms with Gasteiger partial charge in [-0.15, -0.1) is 0 Å². The lowest BCUT2D eigenvalue weighted by atomic mass is 10.1. The molecule has 0 atom stereocenters. The summed E-state index contributed by atoms with van der Waals surface area (Å²) in [5.74, 6) is -1.44. The number of hydrogen-bond acceptors (Lipinski definition) is 4. The van der Waals surface area contributed by atoms with Gasteiger partial charge in [-0.2, -0.15) is 0 Å². The van der Waals surface area contributed by atoms with Gasteiger partial charge in [-0.25, -0.2) is 9.37 Å². The molecule has 3 aromatic carbocycles. The molecule has 0 unspecified atom stereocenters. The highest BCUT2D eigenvalue weighted by atomic mass is 35.5. The first-order valence-electron chi connectivity index (χ1n) is 9.53. The van der Waals surface area contributed by atoms with Gasteiger partial charge >= 0.3 is 5.97 Å². The smallest absolute Gasteiger partial charge is 0.307 e. The van der Waals surface area contributed by atoms with Gasteiger partial charge in [-0.05, 0) is 59.7 Å². The molecule has 1 heterocycles. The van der Waals surface area contributed by atoms with E-state index in [1.165, 1.54) is 24.3 Å². The van der Waals surface area contributed by atoms with Crippen LogP contribution in [0.25, 0.3) is 28.6 Å². The van der Waals surface area contributed by atoms with E-state index in [0.717, 1.165) is 11.1 Å². The fraction of sp³-hybridized carbons (Fsp3) is 0.0417. The summed E-state index contributed by atoms with van der Waals surface area (Å²) >= 11 is 5.71. The second kappa shape index (κ2) is 9.03. The Morgan fingerprint density at radius 2 is 1.88 bits per heavy atom. The molecule has 0 fully saturated rings. The molecule has 160 valence electrons. The van der Waals surface area contributed by atoms with E-state index in [9.17, 15) is 14.0 Å². The Balaban J connectivity index is 1.44. The van der Waals surface area contributed by atoms with Crippen LogP contribution in [-0.4, -0.2) is 22.0 Å². The normalized spacial score (nSPS) is 11.2. The van der Waals surface area contributed by atoms with Crippen molar-refractivity contribution in [3.8, 4) is 11.5 Å². The number of rotatable bonds is 6. The maximum atomic E-state index is 13.2. The lowest BCUT2D eigenvalue weighted by Crippen LogP contribution is -2.07. The van der Waals surface area contributed by atoms with Crippen molar-refractivity contribution >= 4 is 46.3 Å². The van der Waals surface area contributed by atoms with Gasteiger partial charge in [-0.1, -0.05) is 29.8 Å². The zero-order valence-corrected chi connectivity index (χ0v) is 17.3. The van der Waals surface area contributed by atoms with Gasteiger partial charge in [0.2, 0.25) is 11.8 Å². The maximum Gasteiger partial charge on any atom is 0.307 e. The van der Waals surface area contributed by atoms with Crippen LogP contribution in [0.3, 0.4) is 0 Å². The fourth-order valence-corrected chi connectivity index (χ4v) is 3.23. The molecule has 0 radical (unpaired) electrons. The summed E-state index contributed by atoms with van der Waals surface area (Å²) < 4.78 is 19.0.